The average molecular weight is 259 g/mol. The van der Waals surface area contributed by atoms with Crippen molar-refractivity contribution in [3.8, 4) is 5.75 Å². The van der Waals surface area contributed by atoms with Gasteiger partial charge in [-0.1, -0.05) is 24.3 Å². The number of rotatable bonds is 3. The highest BCUT2D eigenvalue weighted by atomic mass is 32.1. The number of ether oxygens (including phenoxy) is 1. The Hall–Kier alpha value is -1.32. The molecule has 1 atom stereocenters. The molecule has 2 nitrogen and oxygen atoms in total. The SMILES string of the molecule is CC1(C)Oc2ccccc2C1NCc1cccs1. The molecule has 0 saturated carbocycles. The van der Waals surface area contributed by atoms with E-state index in [-0.39, 0.29) is 11.6 Å². The van der Waals surface area contributed by atoms with E-state index in [0.717, 1.165) is 12.3 Å². The van der Waals surface area contributed by atoms with Crippen molar-refractivity contribution in [2.75, 3.05) is 0 Å². The Morgan fingerprint density at radius 3 is 2.83 bits per heavy atom. The van der Waals surface area contributed by atoms with Crippen molar-refractivity contribution in [1.29, 1.82) is 0 Å². The second-order valence-electron chi connectivity index (χ2n) is 5.14. The molecule has 3 heteroatoms. The van der Waals surface area contributed by atoms with Crippen molar-refractivity contribution in [1.82, 2.24) is 5.32 Å². The quantitative estimate of drug-likeness (QED) is 0.906. The van der Waals surface area contributed by atoms with E-state index in [4.69, 9.17) is 4.74 Å². The highest BCUT2D eigenvalue weighted by Gasteiger charge is 2.40. The molecule has 2 aromatic rings. The minimum absolute atomic E-state index is 0.194. The molecule has 1 aromatic carbocycles. The summed E-state index contributed by atoms with van der Waals surface area (Å²) in [6, 6.07) is 12.8. The molecule has 1 aromatic heterocycles. The Morgan fingerprint density at radius 2 is 2.06 bits per heavy atom. The minimum atomic E-state index is -0.194. The van der Waals surface area contributed by atoms with E-state index in [1.165, 1.54) is 10.4 Å². The number of nitrogens with one attached hydrogen (secondary N) is 1. The lowest BCUT2D eigenvalue weighted by molar-refractivity contribution is 0.0959. The van der Waals surface area contributed by atoms with Gasteiger partial charge in [-0.05, 0) is 31.4 Å². The molecule has 0 saturated heterocycles. The number of para-hydroxylation sites is 1. The third kappa shape index (κ3) is 2.04. The summed E-state index contributed by atoms with van der Waals surface area (Å²) < 4.78 is 6.02. The van der Waals surface area contributed by atoms with Gasteiger partial charge in [0.1, 0.15) is 11.4 Å². The van der Waals surface area contributed by atoms with Crippen LogP contribution in [0, 0.1) is 0 Å². The van der Waals surface area contributed by atoms with Crippen LogP contribution >= 0.6 is 11.3 Å². The van der Waals surface area contributed by atoms with Gasteiger partial charge < -0.3 is 10.1 Å². The lowest BCUT2D eigenvalue weighted by atomic mass is 9.94. The molecule has 1 unspecified atom stereocenters. The molecular weight excluding hydrogens is 242 g/mol. The second-order valence-corrected chi connectivity index (χ2v) is 6.17. The number of thiophene rings is 1. The predicted molar refractivity (Wildman–Crippen MR) is 75.0 cm³/mol. The van der Waals surface area contributed by atoms with Crippen LogP contribution in [-0.2, 0) is 6.54 Å². The van der Waals surface area contributed by atoms with Crippen LogP contribution in [0.3, 0.4) is 0 Å². The van der Waals surface area contributed by atoms with Crippen molar-refractivity contribution < 1.29 is 4.74 Å². The zero-order valence-electron chi connectivity index (χ0n) is 10.6. The van der Waals surface area contributed by atoms with Crippen molar-refractivity contribution in [2.24, 2.45) is 0 Å². The van der Waals surface area contributed by atoms with Gasteiger partial charge in [0.05, 0.1) is 6.04 Å². The van der Waals surface area contributed by atoms with E-state index in [2.05, 4.69) is 48.8 Å². The first-order chi connectivity index (χ1) is 8.67. The molecule has 0 amide bonds. The Morgan fingerprint density at radius 1 is 1.22 bits per heavy atom. The van der Waals surface area contributed by atoms with E-state index in [1.807, 2.05) is 12.1 Å². The van der Waals surface area contributed by atoms with Gasteiger partial charge in [0, 0.05) is 17.0 Å². The molecule has 18 heavy (non-hydrogen) atoms. The zero-order valence-corrected chi connectivity index (χ0v) is 11.5. The minimum Gasteiger partial charge on any atom is -0.486 e. The molecule has 1 aliphatic rings. The normalized spacial score (nSPS) is 20.4. The van der Waals surface area contributed by atoms with Crippen LogP contribution in [0.15, 0.2) is 41.8 Å². The fourth-order valence-electron chi connectivity index (χ4n) is 2.50. The summed E-state index contributed by atoms with van der Waals surface area (Å²) in [7, 11) is 0. The molecule has 0 bridgehead atoms. The van der Waals surface area contributed by atoms with Gasteiger partial charge in [-0.3, -0.25) is 0 Å². The highest BCUT2D eigenvalue weighted by molar-refractivity contribution is 7.09. The van der Waals surface area contributed by atoms with Gasteiger partial charge in [-0.25, -0.2) is 0 Å². The zero-order chi connectivity index (χ0) is 12.6. The molecule has 94 valence electrons. The topological polar surface area (TPSA) is 21.3 Å². The summed E-state index contributed by atoms with van der Waals surface area (Å²) in [5.74, 6) is 1.01. The summed E-state index contributed by atoms with van der Waals surface area (Å²) in [4.78, 5) is 1.36. The fraction of sp³-hybridized carbons (Fsp3) is 0.333. The molecule has 0 aliphatic carbocycles. The molecule has 0 radical (unpaired) electrons. The maximum Gasteiger partial charge on any atom is 0.125 e. The van der Waals surface area contributed by atoms with Crippen LogP contribution in [0.4, 0.5) is 0 Å². The number of benzene rings is 1. The van der Waals surface area contributed by atoms with Gasteiger partial charge in [0.25, 0.3) is 0 Å². The molecule has 2 heterocycles. The Balaban J connectivity index is 1.81. The van der Waals surface area contributed by atoms with Crippen LogP contribution in [0.1, 0.15) is 30.3 Å². The van der Waals surface area contributed by atoms with Crippen LogP contribution < -0.4 is 10.1 Å². The van der Waals surface area contributed by atoms with Crippen LogP contribution in [-0.4, -0.2) is 5.60 Å². The largest absolute Gasteiger partial charge is 0.486 e. The molecule has 3 rings (SSSR count). The van der Waals surface area contributed by atoms with Gasteiger partial charge in [0.2, 0.25) is 0 Å². The first-order valence-electron chi connectivity index (χ1n) is 6.20. The molecular formula is C15H17NOS. The second kappa shape index (κ2) is 4.41. The molecule has 0 fully saturated rings. The van der Waals surface area contributed by atoms with E-state index in [9.17, 15) is 0 Å². The van der Waals surface area contributed by atoms with Crippen LogP contribution in [0.2, 0.25) is 0 Å². The van der Waals surface area contributed by atoms with Gasteiger partial charge in [0.15, 0.2) is 0 Å². The van der Waals surface area contributed by atoms with E-state index < -0.39 is 0 Å². The molecule has 1 aliphatic heterocycles. The fourth-order valence-corrected chi connectivity index (χ4v) is 3.16. The maximum atomic E-state index is 6.02. The Bertz CT molecular complexity index is 533. The monoisotopic (exact) mass is 259 g/mol. The standard InChI is InChI=1S/C15H17NOS/c1-15(2)14(16-10-11-6-5-9-18-11)12-7-3-4-8-13(12)17-15/h3-9,14,16H,10H2,1-2H3. The smallest absolute Gasteiger partial charge is 0.125 e. The Kier molecular flexibility index (Phi) is 2.88. The lowest BCUT2D eigenvalue weighted by Crippen LogP contribution is -2.38. The van der Waals surface area contributed by atoms with Crippen molar-refractivity contribution >= 4 is 11.3 Å². The first-order valence-corrected chi connectivity index (χ1v) is 7.08. The van der Waals surface area contributed by atoms with Crippen LogP contribution in [0.25, 0.3) is 0 Å². The van der Waals surface area contributed by atoms with E-state index >= 15 is 0 Å². The summed E-state index contributed by atoms with van der Waals surface area (Å²) in [5, 5.41) is 5.73. The van der Waals surface area contributed by atoms with Crippen molar-refractivity contribution in [2.45, 2.75) is 32.0 Å². The maximum absolute atomic E-state index is 6.02. The van der Waals surface area contributed by atoms with Crippen LogP contribution in [0.5, 0.6) is 5.75 Å². The van der Waals surface area contributed by atoms with Crippen molar-refractivity contribution in [3.05, 3.63) is 52.2 Å². The summed E-state index contributed by atoms with van der Waals surface area (Å²) in [5.41, 5.74) is 1.07. The summed E-state index contributed by atoms with van der Waals surface area (Å²) >= 11 is 1.78. The Labute approximate surface area is 112 Å². The predicted octanol–water partition coefficient (Wildman–Crippen LogP) is 3.75. The van der Waals surface area contributed by atoms with Gasteiger partial charge in [-0.15, -0.1) is 11.3 Å². The highest BCUT2D eigenvalue weighted by Crippen LogP contribution is 2.42. The van der Waals surface area contributed by atoms with E-state index in [1.54, 1.807) is 11.3 Å². The first kappa shape index (κ1) is 11.8. The van der Waals surface area contributed by atoms with E-state index in [0.29, 0.717) is 0 Å². The van der Waals surface area contributed by atoms with Gasteiger partial charge >= 0.3 is 0 Å². The molecule has 0 spiro atoms. The third-order valence-electron chi connectivity index (χ3n) is 3.36. The molecule has 1 N–H and O–H groups in total. The number of fused-ring (bicyclic) bond motifs is 1. The number of hydrogen-bond acceptors (Lipinski definition) is 3. The van der Waals surface area contributed by atoms with Gasteiger partial charge in [-0.2, -0.15) is 0 Å². The average Bonchev–Trinajstić information content (AvgIpc) is 2.91. The number of hydrogen-bond donors (Lipinski definition) is 1. The van der Waals surface area contributed by atoms with Crippen molar-refractivity contribution in [3.63, 3.8) is 0 Å². The summed E-state index contributed by atoms with van der Waals surface area (Å²) in [6.07, 6.45) is 0. The lowest BCUT2D eigenvalue weighted by Gasteiger charge is -2.27. The summed E-state index contributed by atoms with van der Waals surface area (Å²) in [6.45, 7) is 5.17. The third-order valence-corrected chi connectivity index (χ3v) is 4.24.